The number of rotatable bonds is 10. The summed E-state index contributed by atoms with van der Waals surface area (Å²) in [5.74, 6) is -1.47. The van der Waals surface area contributed by atoms with Crippen molar-refractivity contribution >= 4 is 27.6 Å². The van der Waals surface area contributed by atoms with E-state index in [4.69, 9.17) is 9.47 Å². The Kier molecular flexibility index (Phi) is 8.20. The summed E-state index contributed by atoms with van der Waals surface area (Å²) < 4.78 is 51.8. The van der Waals surface area contributed by atoms with Crippen LogP contribution in [0.2, 0.25) is 0 Å². The van der Waals surface area contributed by atoms with Gasteiger partial charge in [0.25, 0.3) is 15.9 Å². The van der Waals surface area contributed by atoms with Crippen molar-refractivity contribution in [3.05, 3.63) is 89.7 Å². The molecule has 0 fully saturated rings. The molecule has 0 aliphatic carbocycles. The molecule has 34 heavy (non-hydrogen) atoms. The number of hydrogen-bond acceptors (Lipinski definition) is 6. The van der Waals surface area contributed by atoms with Crippen LogP contribution in [-0.2, 0) is 26.1 Å². The van der Waals surface area contributed by atoms with Crippen molar-refractivity contribution in [2.45, 2.75) is 18.4 Å². The number of para-hydroxylation sites is 1. The minimum atomic E-state index is -4.00. The molecule has 0 aliphatic heterocycles. The van der Waals surface area contributed by atoms with E-state index >= 15 is 0 Å². The van der Waals surface area contributed by atoms with Gasteiger partial charge in [-0.1, -0.05) is 30.3 Å². The summed E-state index contributed by atoms with van der Waals surface area (Å²) in [5, 5.41) is 2.46. The van der Waals surface area contributed by atoms with Gasteiger partial charge in [0.15, 0.2) is 6.61 Å². The molecule has 3 rings (SSSR count). The molecule has 0 spiro atoms. The van der Waals surface area contributed by atoms with E-state index in [0.29, 0.717) is 12.4 Å². The van der Waals surface area contributed by atoms with E-state index in [0.717, 1.165) is 0 Å². The second-order valence-corrected chi connectivity index (χ2v) is 8.68. The van der Waals surface area contributed by atoms with Gasteiger partial charge in [-0.3, -0.25) is 9.52 Å². The van der Waals surface area contributed by atoms with Crippen molar-refractivity contribution < 1.29 is 31.9 Å². The number of halogens is 1. The van der Waals surface area contributed by atoms with Gasteiger partial charge in [-0.25, -0.2) is 17.6 Å². The number of carbonyl (C=O) groups is 2. The van der Waals surface area contributed by atoms with E-state index < -0.39 is 34.3 Å². The van der Waals surface area contributed by atoms with Gasteiger partial charge in [-0.15, -0.1) is 0 Å². The number of amides is 1. The SMILES string of the molecule is CCOc1ccc(S(=O)(=O)Nc2ccccc2C(=O)OCC(=O)NCc2ccccc2F)cc1. The smallest absolute Gasteiger partial charge is 0.340 e. The molecule has 0 aromatic heterocycles. The van der Waals surface area contributed by atoms with E-state index in [1.54, 1.807) is 12.1 Å². The van der Waals surface area contributed by atoms with Crippen LogP contribution in [0.4, 0.5) is 10.1 Å². The highest BCUT2D eigenvalue weighted by molar-refractivity contribution is 7.92. The van der Waals surface area contributed by atoms with Crippen LogP contribution in [0.1, 0.15) is 22.8 Å². The van der Waals surface area contributed by atoms with Crippen molar-refractivity contribution in [3.8, 4) is 5.75 Å². The minimum Gasteiger partial charge on any atom is -0.494 e. The van der Waals surface area contributed by atoms with Crippen LogP contribution in [0, 0.1) is 5.82 Å². The highest BCUT2D eigenvalue weighted by Crippen LogP contribution is 2.22. The molecule has 10 heteroatoms. The first-order chi connectivity index (χ1) is 16.3. The number of nitrogens with one attached hydrogen (secondary N) is 2. The topological polar surface area (TPSA) is 111 Å². The Morgan fingerprint density at radius 2 is 1.62 bits per heavy atom. The van der Waals surface area contributed by atoms with Crippen LogP contribution in [0.5, 0.6) is 5.75 Å². The zero-order chi connectivity index (χ0) is 24.6. The van der Waals surface area contributed by atoms with E-state index in [2.05, 4.69) is 10.0 Å². The molecule has 2 N–H and O–H groups in total. The highest BCUT2D eigenvalue weighted by Gasteiger charge is 2.20. The zero-order valence-corrected chi connectivity index (χ0v) is 19.1. The van der Waals surface area contributed by atoms with Gasteiger partial charge < -0.3 is 14.8 Å². The first-order valence-electron chi connectivity index (χ1n) is 10.3. The molecule has 0 saturated carbocycles. The number of anilines is 1. The Balaban J connectivity index is 1.63. The zero-order valence-electron chi connectivity index (χ0n) is 18.3. The molecule has 0 atom stereocenters. The molecule has 3 aromatic rings. The summed E-state index contributed by atoms with van der Waals surface area (Å²) >= 11 is 0. The van der Waals surface area contributed by atoms with E-state index in [-0.39, 0.29) is 28.3 Å². The van der Waals surface area contributed by atoms with E-state index in [9.17, 15) is 22.4 Å². The molecule has 3 aromatic carbocycles. The number of ether oxygens (including phenoxy) is 2. The fourth-order valence-corrected chi connectivity index (χ4v) is 4.01. The van der Waals surface area contributed by atoms with Crippen LogP contribution in [0.3, 0.4) is 0 Å². The van der Waals surface area contributed by atoms with Crippen molar-refractivity contribution in [2.24, 2.45) is 0 Å². The third kappa shape index (κ3) is 6.55. The Morgan fingerprint density at radius 1 is 0.941 bits per heavy atom. The normalized spacial score (nSPS) is 10.9. The number of carbonyl (C=O) groups excluding carboxylic acids is 2. The molecular formula is C24H23FN2O6S. The monoisotopic (exact) mass is 486 g/mol. The van der Waals surface area contributed by atoms with Gasteiger partial charge in [-0.05, 0) is 49.4 Å². The lowest BCUT2D eigenvalue weighted by Gasteiger charge is -2.13. The van der Waals surface area contributed by atoms with Gasteiger partial charge in [-0.2, -0.15) is 0 Å². The van der Waals surface area contributed by atoms with Gasteiger partial charge in [0, 0.05) is 12.1 Å². The molecule has 0 saturated heterocycles. The molecule has 8 nitrogen and oxygen atoms in total. The van der Waals surface area contributed by atoms with Crippen LogP contribution in [0.25, 0.3) is 0 Å². The van der Waals surface area contributed by atoms with Crippen molar-refractivity contribution in [3.63, 3.8) is 0 Å². The molecule has 1 amide bonds. The Hall–Kier alpha value is -3.92. The second kappa shape index (κ2) is 11.3. The van der Waals surface area contributed by atoms with Crippen molar-refractivity contribution in [1.29, 1.82) is 0 Å². The Morgan fingerprint density at radius 3 is 2.32 bits per heavy atom. The first kappa shape index (κ1) is 24.7. The molecule has 0 unspecified atom stereocenters. The van der Waals surface area contributed by atoms with Gasteiger partial charge in [0.05, 0.1) is 22.8 Å². The third-order valence-electron chi connectivity index (χ3n) is 4.60. The summed E-state index contributed by atoms with van der Waals surface area (Å²) in [5.41, 5.74) is 0.211. The van der Waals surface area contributed by atoms with E-state index in [1.165, 1.54) is 60.7 Å². The van der Waals surface area contributed by atoms with Gasteiger partial charge in [0.1, 0.15) is 11.6 Å². The summed E-state index contributed by atoms with van der Waals surface area (Å²) in [7, 11) is -4.00. The maximum absolute atomic E-state index is 13.6. The lowest BCUT2D eigenvalue weighted by Crippen LogP contribution is -2.29. The largest absolute Gasteiger partial charge is 0.494 e. The van der Waals surface area contributed by atoms with Crippen molar-refractivity contribution in [1.82, 2.24) is 5.32 Å². The summed E-state index contributed by atoms with van der Waals surface area (Å²) in [4.78, 5) is 24.5. The van der Waals surface area contributed by atoms with Crippen LogP contribution in [0.15, 0.2) is 77.7 Å². The number of benzene rings is 3. The Labute approximate surface area is 196 Å². The first-order valence-corrected chi connectivity index (χ1v) is 11.8. The second-order valence-electron chi connectivity index (χ2n) is 7.00. The maximum atomic E-state index is 13.6. The Bertz CT molecular complexity index is 1260. The number of hydrogen-bond donors (Lipinski definition) is 2. The summed E-state index contributed by atoms with van der Waals surface area (Å²) in [6, 6.07) is 17.6. The molecule has 178 valence electrons. The molecular weight excluding hydrogens is 463 g/mol. The molecule has 0 bridgehead atoms. The minimum absolute atomic E-state index is 0.00634. The van der Waals surface area contributed by atoms with Gasteiger partial charge in [0.2, 0.25) is 0 Å². The average molecular weight is 487 g/mol. The van der Waals surface area contributed by atoms with Crippen LogP contribution in [-0.4, -0.2) is 33.5 Å². The van der Waals surface area contributed by atoms with E-state index in [1.807, 2.05) is 6.92 Å². The number of sulfonamides is 1. The summed E-state index contributed by atoms with van der Waals surface area (Å²) in [6.45, 7) is 1.57. The lowest BCUT2D eigenvalue weighted by atomic mass is 10.2. The molecule has 0 radical (unpaired) electrons. The summed E-state index contributed by atoms with van der Waals surface area (Å²) in [6.07, 6.45) is 0. The fraction of sp³-hybridized carbons (Fsp3) is 0.167. The standard InChI is InChI=1S/C24H23FN2O6S/c1-2-32-18-11-13-19(14-12-18)34(30,31)27-22-10-6-4-8-20(22)24(29)33-16-23(28)26-15-17-7-3-5-9-21(17)25/h3-14,27H,2,15-16H2,1H3,(H,26,28). The molecule has 0 aliphatic rings. The predicted octanol–water partition coefficient (Wildman–Crippen LogP) is 3.50. The van der Waals surface area contributed by atoms with Gasteiger partial charge >= 0.3 is 5.97 Å². The predicted molar refractivity (Wildman–Crippen MR) is 123 cm³/mol. The highest BCUT2D eigenvalue weighted by atomic mass is 32.2. The van der Waals surface area contributed by atoms with Crippen LogP contribution < -0.4 is 14.8 Å². The molecule has 0 heterocycles. The van der Waals surface area contributed by atoms with Crippen LogP contribution >= 0.6 is 0 Å². The fourth-order valence-electron chi connectivity index (χ4n) is 2.93. The maximum Gasteiger partial charge on any atom is 0.340 e. The lowest BCUT2D eigenvalue weighted by molar-refractivity contribution is -0.124. The number of esters is 1. The quantitative estimate of drug-likeness (QED) is 0.425. The van der Waals surface area contributed by atoms with Crippen molar-refractivity contribution in [2.75, 3.05) is 17.9 Å². The third-order valence-corrected chi connectivity index (χ3v) is 5.99. The average Bonchev–Trinajstić information content (AvgIpc) is 2.83.